The van der Waals surface area contributed by atoms with Crippen molar-refractivity contribution in [3.05, 3.63) is 358 Å². The molecule has 10 nitrogen and oxygen atoms in total. The van der Waals surface area contributed by atoms with Crippen molar-refractivity contribution in [3.63, 3.8) is 0 Å². The number of nitrogens with zero attached hydrogens (tertiary/aromatic N) is 5. The van der Waals surface area contributed by atoms with Gasteiger partial charge in [-0.05, 0) is 101 Å². The quantitative estimate of drug-likeness (QED) is 0.0702. The van der Waals surface area contributed by atoms with Crippen molar-refractivity contribution in [2.75, 3.05) is 51.8 Å². The van der Waals surface area contributed by atoms with Gasteiger partial charge in [-0.3, -0.25) is 29.0 Å². The summed E-state index contributed by atoms with van der Waals surface area (Å²) in [5.41, 5.74) is 7.90. The maximum atomic E-state index is 15.2. The number of ketones is 1. The number of piperazine rings is 1. The average molecular weight is 1440 g/mol. The van der Waals surface area contributed by atoms with Crippen LogP contribution in [0.2, 0.25) is 0 Å². The van der Waals surface area contributed by atoms with Crippen LogP contribution in [0.3, 0.4) is 0 Å². The molecule has 4 aliphatic heterocycles. The highest BCUT2D eigenvalue weighted by atomic mass is 35.5. The molecule has 4 saturated heterocycles. The zero-order chi connectivity index (χ0) is 70.5. The zero-order valence-electron chi connectivity index (χ0n) is 58.2. The number of Topliss-reactive ketones (excluding diaryl/α,β-unsaturated/α-hetero) is 1. The lowest BCUT2D eigenvalue weighted by molar-refractivity contribution is -0.186. The summed E-state index contributed by atoms with van der Waals surface area (Å²) in [5, 5.41) is 0. The first kappa shape index (κ1) is 76.6. The van der Waals surface area contributed by atoms with Gasteiger partial charge in [-0.15, -0.1) is 11.6 Å². The third kappa shape index (κ3) is 17.1. The van der Waals surface area contributed by atoms with Crippen molar-refractivity contribution < 1.29 is 37.1 Å². The molecule has 4 heterocycles. The van der Waals surface area contributed by atoms with Crippen LogP contribution in [0.25, 0.3) is 0 Å². The van der Waals surface area contributed by atoms with Crippen molar-refractivity contribution in [2.24, 2.45) is 0 Å². The van der Waals surface area contributed by atoms with Crippen LogP contribution in [0, 0.1) is 6.92 Å². The fourth-order valence-electron chi connectivity index (χ4n) is 15.3. The molecule has 16 heteroatoms. The number of halogens is 4. The van der Waals surface area contributed by atoms with Crippen molar-refractivity contribution in [3.8, 4) is 0 Å². The smallest absolute Gasteiger partial charge is 0.381 e. The first-order valence-electron chi connectivity index (χ1n) is 34.8. The van der Waals surface area contributed by atoms with E-state index >= 15 is 9.59 Å². The molecule has 0 aromatic heterocycles. The van der Waals surface area contributed by atoms with E-state index in [1.54, 1.807) is 16.7 Å². The minimum Gasteiger partial charge on any atom is -0.381 e. The first-order chi connectivity index (χ1) is 49.1. The highest BCUT2D eigenvalue weighted by Crippen LogP contribution is 2.49. The maximum absolute atomic E-state index is 15.2. The summed E-state index contributed by atoms with van der Waals surface area (Å²) in [5.74, 6) is -0.979. The summed E-state index contributed by atoms with van der Waals surface area (Å²) in [6.45, 7) is 9.00. The molecule has 103 heavy (non-hydrogen) atoms. The van der Waals surface area contributed by atoms with Gasteiger partial charge in [0.05, 0.1) is 35.8 Å². The Morgan fingerprint density at radius 2 is 0.825 bits per heavy atom. The molecule has 4 fully saturated rings. The number of amides is 3. The molecule has 3 amide bonds. The Hall–Kier alpha value is -9.06. The third-order valence-electron chi connectivity index (χ3n) is 20.3. The van der Waals surface area contributed by atoms with Crippen LogP contribution in [-0.4, -0.2) is 111 Å². The number of carbonyl (C=O) groups excluding carboxylic acids is 4. The summed E-state index contributed by atoms with van der Waals surface area (Å²) in [7, 11) is 0. The number of alkyl halides is 4. The second kappa shape index (κ2) is 34.9. The monoisotopic (exact) mass is 1440 g/mol. The number of hydrogen-bond donors (Lipinski definition) is 0. The van der Waals surface area contributed by atoms with Crippen LogP contribution in [0.5, 0.6) is 0 Å². The molecule has 0 saturated carbocycles. The summed E-state index contributed by atoms with van der Waals surface area (Å²) < 4.78 is 45.3. The van der Waals surface area contributed by atoms with Gasteiger partial charge in [-0.2, -0.15) is 40.2 Å². The predicted molar refractivity (Wildman–Crippen MR) is 414 cm³/mol. The molecule has 0 bridgehead atoms. The molecule has 0 N–H and O–H groups in total. The van der Waals surface area contributed by atoms with Crippen LogP contribution in [-0.2, 0) is 30.1 Å². The molecule has 0 radical (unpaired) electrons. The minimum atomic E-state index is -4.48. The number of benzene rings is 10. The fraction of sp³-hybridized carbons (Fsp3) is 0.264. The van der Waals surface area contributed by atoms with Crippen LogP contribution in [0.4, 0.5) is 13.2 Å². The number of rotatable bonds is 20. The van der Waals surface area contributed by atoms with Crippen LogP contribution < -0.4 is 0 Å². The van der Waals surface area contributed by atoms with Gasteiger partial charge in [0, 0.05) is 51.7 Å². The van der Waals surface area contributed by atoms with E-state index in [1.165, 1.54) is 25.0 Å². The van der Waals surface area contributed by atoms with E-state index in [4.69, 9.17) is 16.3 Å². The fourth-order valence-corrected chi connectivity index (χ4v) is 15.5. The van der Waals surface area contributed by atoms with Gasteiger partial charge in [-0.1, -0.05) is 285 Å². The van der Waals surface area contributed by atoms with E-state index in [9.17, 15) is 22.8 Å². The Morgan fingerprint density at radius 3 is 1.17 bits per heavy atom. The van der Waals surface area contributed by atoms with E-state index in [-0.39, 0.29) is 106 Å². The Morgan fingerprint density at radius 1 is 0.476 bits per heavy atom. The normalized spacial score (nSPS) is 16.1. The molecule has 4 aliphatic rings. The number of ether oxygens (including phenoxy) is 1. The summed E-state index contributed by atoms with van der Waals surface area (Å²) in [6.07, 6.45) is -1.67. The summed E-state index contributed by atoms with van der Waals surface area (Å²) >= 11 is 6.37. The molecule has 532 valence electrons. The third-order valence-corrected chi connectivity index (χ3v) is 20.6. The van der Waals surface area contributed by atoms with Crippen LogP contribution in [0.1, 0.15) is 136 Å². The van der Waals surface area contributed by atoms with Gasteiger partial charge >= 0.3 is 6.18 Å². The SMILES string of the molecule is C1CCOC1.C[C@@H](c1ccc(C(F)(F)F)cc1)N1C(=O)CN(C(c2ccccc2)c2ccccc2)C(=O)C12CN(C(c1ccccc1)c1ccccc1)C2.Cc1ccc([C@H](C)N(C(=O)CCl)C2(C(=O)CC(c3ccccc3)c3ccccc3)CN(C(c3ccccc3)c3ccccc3)C2)cc1.S.S. The number of likely N-dealkylation sites (tertiary alicyclic amines) is 2. The minimum absolute atomic E-state index is 0. The van der Waals surface area contributed by atoms with E-state index in [2.05, 4.69) is 131 Å². The second-order valence-electron chi connectivity index (χ2n) is 26.8. The Bertz CT molecular complexity index is 4150. The molecule has 10 aromatic rings. The van der Waals surface area contributed by atoms with Gasteiger partial charge in [0.1, 0.15) is 23.5 Å². The summed E-state index contributed by atoms with van der Waals surface area (Å²) in [4.78, 5) is 68.5. The van der Waals surface area contributed by atoms with Gasteiger partial charge in [-0.25, -0.2) is 0 Å². The van der Waals surface area contributed by atoms with Crippen molar-refractivity contribution in [2.45, 2.75) is 93.4 Å². The highest BCUT2D eigenvalue weighted by Gasteiger charge is 2.63. The van der Waals surface area contributed by atoms with E-state index < -0.39 is 34.9 Å². The number of hydrogen-bond acceptors (Lipinski definition) is 7. The van der Waals surface area contributed by atoms with Crippen molar-refractivity contribution >= 4 is 62.1 Å². The zero-order valence-corrected chi connectivity index (χ0v) is 61.0. The van der Waals surface area contributed by atoms with Gasteiger partial charge in [0.15, 0.2) is 5.78 Å². The highest BCUT2D eigenvalue weighted by molar-refractivity contribution is 7.59. The van der Waals surface area contributed by atoms with Gasteiger partial charge in [0.2, 0.25) is 11.8 Å². The van der Waals surface area contributed by atoms with E-state index in [0.717, 1.165) is 81.0 Å². The van der Waals surface area contributed by atoms with Crippen LogP contribution in [0.15, 0.2) is 291 Å². The predicted octanol–water partition coefficient (Wildman–Crippen LogP) is 17.9. The Kier molecular flexibility index (Phi) is 26.0. The lowest BCUT2D eigenvalue weighted by Gasteiger charge is -2.62. The molecule has 10 aromatic carbocycles. The molecular formula is C87H89ClF3N5O5S2. The lowest BCUT2D eigenvalue weighted by Crippen LogP contribution is -2.81. The maximum Gasteiger partial charge on any atom is 0.416 e. The molecule has 0 aliphatic carbocycles. The van der Waals surface area contributed by atoms with Crippen LogP contribution >= 0.6 is 38.6 Å². The molecule has 1 spiro atoms. The van der Waals surface area contributed by atoms with Gasteiger partial charge < -0.3 is 19.4 Å². The standard InChI is InChI=1S/C42H41ClN2O2.C41H36F3N3O2.C4H8O.2H2S/c1-31-23-25-33(26-24-31)32(2)45(40(47)28-43)42(39(46)27-38(34-15-7-3-8-16-34)35-17-9-4-10-18-35)29-44(30-42)41(36-19-11-5-12-20-36)37-21-13-6-14-22-37;1-29(30-22-24-35(25-23-30)41(42,43)44)47-36(48)26-46(38(33-18-10-4-11-19-33)34-20-12-5-13-21-34)39(49)40(47)27-45(28-40)37(31-14-6-2-7-15-31)32-16-8-3-9-17-32;1-2-4-5-3-1;;/h3-26,32,38,41H,27-30H2,1-2H3;2-25,29,37-38H,26-28H2,1H3;1-4H2;2*1H2/t32-;29-;;;/m00.../s1. The Balaban J connectivity index is 0.000000203. The van der Waals surface area contributed by atoms with E-state index in [1.807, 2.05) is 164 Å². The number of aryl methyl sites for hydroxylation is 1. The topological polar surface area (TPSA) is 93.7 Å². The van der Waals surface area contributed by atoms with E-state index in [0.29, 0.717) is 18.7 Å². The molecular weight excluding hydrogens is 1350 g/mol. The number of carbonyl (C=O) groups is 4. The largest absolute Gasteiger partial charge is 0.416 e. The average Bonchev–Trinajstić information content (AvgIpc) is 1.04. The second-order valence-corrected chi connectivity index (χ2v) is 27.1. The van der Waals surface area contributed by atoms with Gasteiger partial charge in [0.25, 0.3) is 5.91 Å². The molecule has 2 atom stereocenters. The van der Waals surface area contributed by atoms with Crippen molar-refractivity contribution in [1.82, 2.24) is 24.5 Å². The summed E-state index contributed by atoms with van der Waals surface area (Å²) in [6, 6.07) is 92.1. The lowest BCUT2D eigenvalue weighted by atomic mass is 9.74. The molecule has 14 rings (SSSR count). The Labute approximate surface area is 623 Å². The van der Waals surface area contributed by atoms with Crippen molar-refractivity contribution in [1.29, 1.82) is 0 Å². The first-order valence-corrected chi connectivity index (χ1v) is 35.4. The molecule has 0 unspecified atom stereocenters.